The molecule has 1 aromatic rings. The maximum absolute atomic E-state index is 6.11. The van der Waals surface area contributed by atoms with E-state index in [1.54, 1.807) is 0 Å². The molecule has 110 valence electrons. The molecule has 0 bridgehead atoms. The fourth-order valence-corrected chi connectivity index (χ4v) is 4.00. The van der Waals surface area contributed by atoms with Crippen molar-refractivity contribution in [3.05, 3.63) is 34.9 Å². The Morgan fingerprint density at radius 2 is 2.05 bits per heavy atom. The molecular weight excluding hydrogens is 268 g/mol. The molecule has 2 aliphatic rings. The third kappa shape index (κ3) is 3.19. The molecule has 20 heavy (non-hydrogen) atoms. The number of rotatable bonds is 3. The van der Waals surface area contributed by atoms with Gasteiger partial charge in [-0.1, -0.05) is 23.7 Å². The van der Waals surface area contributed by atoms with E-state index in [1.807, 2.05) is 6.07 Å². The molecule has 2 fully saturated rings. The van der Waals surface area contributed by atoms with Crippen LogP contribution in [-0.4, -0.2) is 30.6 Å². The van der Waals surface area contributed by atoms with E-state index in [0.29, 0.717) is 6.04 Å². The summed E-state index contributed by atoms with van der Waals surface area (Å²) in [5.74, 6) is 0.889. The summed E-state index contributed by atoms with van der Waals surface area (Å²) in [6.07, 6.45) is 5.42. The number of benzene rings is 1. The second kappa shape index (κ2) is 6.46. The van der Waals surface area contributed by atoms with Crippen molar-refractivity contribution in [3.8, 4) is 0 Å². The van der Waals surface area contributed by atoms with Crippen molar-refractivity contribution in [3.63, 3.8) is 0 Å². The summed E-state index contributed by atoms with van der Waals surface area (Å²) >= 11 is 6.11. The third-order valence-electron chi connectivity index (χ3n) is 5.12. The van der Waals surface area contributed by atoms with E-state index in [2.05, 4.69) is 35.3 Å². The molecule has 1 aromatic carbocycles. The molecule has 0 radical (unpaired) electrons. The van der Waals surface area contributed by atoms with E-state index in [9.17, 15) is 0 Å². The van der Waals surface area contributed by atoms with Gasteiger partial charge >= 0.3 is 0 Å². The first kappa shape index (κ1) is 14.4. The first-order valence-electron chi connectivity index (χ1n) is 7.97. The van der Waals surface area contributed by atoms with E-state index in [4.69, 9.17) is 11.6 Å². The lowest BCUT2D eigenvalue weighted by Crippen LogP contribution is -2.41. The molecule has 2 heterocycles. The van der Waals surface area contributed by atoms with Crippen LogP contribution in [0, 0.1) is 5.92 Å². The van der Waals surface area contributed by atoms with Crippen molar-refractivity contribution in [1.82, 2.24) is 10.2 Å². The predicted molar refractivity (Wildman–Crippen MR) is 85.2 cm³/mol. The maximum Gasteiger partial charge on any atom is 0.0409 e. The predicted octanol–water partition coefficient (Wildman–Crippen LogP) is 3.87. The van der Waals surface area contributed by atoms with Gasteiger partial charge in [-0.25, -0.2) is 0 Å². The Morgan fingerprint density at radius 3 is 2.70 bits per heavy atom. The van der Waals surface area contributed by atoms with Gasteiger partial charge in [0.15, 0.2) is 0 Å². The van der Waals surface area contributed by atoms with E-state index in [1.165, 1.54) is 50.9 Å². The van der Waals surface area contributed by atoms with Crippen molar-refractivity contribution >= 4 is 11.6 Å². The minimum atomic E-state index is 0.478. The number of hydrogen-bond acceptors (Lipinski definition) is 2. The number of nitrogens with one attached hydrogen (secondary N) is 1. The van der Waals surface area contributed by atoms with Gasteiger partial charge in [0.25, 0.3) is 0 Å². The molecule has 3 rings (SSSR count). The van der Waals surface area contributed by atoms with Gasteiger partial charge in [-0.05, 0) is 75.9 Å². The quantitative estimate of drug-likeness (QED) is 0.910. The second-order valence-electron chi connectivity index (χ2n) is 6.31. The molecule has 3 heteroatoms. The van der Waals surface area contributed by atoms with Gasteiger partial charge in [-0.3, -0.25) is 4.90 Å². The molecule has 2 aliphatic heterocycles. The average molecular weight is 293 g/mol. The number of piperidine rings is 1. The Balaban J connectivity index is 1.57. The number of hydrogen-bond donors (Lipinski definition) is 1. The number of likely N-dealkylation sites (tertiary alicyclic amines) is 1. The highest BCUT2D eigenvalue weighted by atomic mass is 35.5. The molecule has 0 spiro atoms. The zero-order valence-corrected chi connectivity index (χ0v) is 13.1. The van der Waals surface area contributed by atoms with Crippen LogP contribution in [0.25, 0.3) is 0 Å². The van der Waals surface area contributed by atoms with Gasteiger partial charge in [0.1, 0.15) is 0 Å². The molecule has 2 atom stereocenters. The van der Waals surface area contributed by atoms with Crippen molar-refractivity contribution in [1.29, 1.82) is 0 Å². The van der Waals surface area contributed by atoms with Crippen LogP contribution in [0.15, 0.2) is 24.3 Å². The standard InChI is InChI=1S/C17H25ClN2/c1-13(15-4-2-5-16(18)12-15)20-10-7-14(8-11-20)17-6-3-9-19-17/h2,4-5,12-14,17,19H,3,6-11H2,1H3. The monoisotopic (exact) mass is 292 g/mol. The van der Waals surface area contributed by atoms with Crippen molar-refractivity contribution in [2.75, 3.05) is 19.6 Å². The lowest BCUT2D eigenvalue weighted by atomic mass is 9.87. The van der Waals surface area contributed by atoms with Crippen LogP contribution in [0.5, 0.6) is 0 Å². The Bertz CT molecular complexity index is 434. The van der Waals surface area contributed by atoms with Gasteiger partial charge in [0.05, 0.1) is 0 Å². The first-order valence-corrected chi connectivity index (χ1v) is 8.35. The van der Waals surface area contributed by atoms with E-state index < -0.39 is 0 Å². The lowest BCUT2D eigenvalue weighted by molar-refractivity contribution is 0.126. The van der Waals surface area contributed by atoms with Crippen LogP contribution in [-0.2, 0) is 0 Å². The van der Waals surface area contributed by atoms with Crippen LogP contribution in [0.4, 0.5) is 0 Å². The van der Waals surface area contributed by atoms with Crippen molar-refractivity contribution in [2.24, 2.45) is 5.92 Å². The molecular formula is C17H25ClN2. The van der Waals surface area contributed by atoms with Crippen LogP contribution in [0.1, 0.15) is 44.2 Å². The smallest absolute Gasteiger partial charge is 0.0409 e. The van der Waals surface area contributed by atoms with E-state index >= 15 is 0 Å². The molecule has 0 saturated carbocycles. The molecule has 0 aliphatic carbocycles. The average Bonchev–Trinajstić information content (AvgIpc) is 3.01. The number of halogens is 1. The molecule has 1 N–H and O–H groups in total. The highest BCUT2D eigenvalue weighted by molar-refractivity contribution is 6.30. The molecule has 2 nitrogen and oxygen atoms in total. The maximum atomic E-state index is 6.11. The number of nitrogens with zero attached hydrogens (tertiary/aromatic N) is 1. The third-order valence-corrected chi connectivity index (χ3v) is 5.36. The van der Waals surface area contributed by atoms with Gasteiger partial charge in [0, 0.05) is 17.1 Å². The Hall–Kier alpha value is -0.570. The lowest BCUT2D eigenvalue weighted by Gasteiger charge is -2.38. The summed E-state index contributed by atoms with van der Waals surface area (Å²) in [6.45, 7) is 5.97. The summed E-state index contributed by atoms with van der Waals surface area (Å²) in [6, 6.07) is 9.58. The van der Waals surface area contributed by atoms with Gasteiger partial charge in [-0.2, -0.15) is 0 Å². The normalized spacial score (nSPS) is 26.8. The Labute approximate surface area is 127 Å². The minimum absolute atomic E-state index is 0.478. The summed E-state index contributed by atoms with van der Waals surface area (Å²) in [5, 5.41) is 4.52. The first-order chi connectivity index (χ1) is 9.74. The summed E-state index contributed by atoms with van der Waals surface area (Å²) in [5.41, 5.74) is 1.34. The van der Waals surface area contributed by atoms with Crippen molar-refractivity contribution < 1.29 is 0 Å². The summed E-state index contributed by atoms with van der Waals surface area (Å²) in [4.78, 5) is 2.61. The highest BCUT2D eigenvalue weighted by Gasteiger charge is 2.29. The fraction of sp³-hybridized carbons (Fsp3) is 0.647. The van der Waals surface area contributed by atoms with Crippen LogP contribution < -0.4 is 5.32 Å². The fourth-order valence-electron chi connectivity index (χ4n) is 3.80. The molecule has 2 unspecified atom stereocenters. The van der Waals surface area contributed by atoms with Crippen LogP contribution >= 0.6 is 11.6 Å². The van der Waals surface area contributed by atoms with Crippen LogP contribution in [0.3, 0.4) is 0 Å². The summed E-state index contributed by atoms with van der Waals surface area (Å²) in [7, 11) is 0. The molecule has 0 amide bonds. The zero-order valence-electron chi connectivity index (χ0n) is 12.3. The molecule has 2 saturated heterocycles. The van der Waals surface area contributed by atoms with E-state index in [0.717, 1.165) is 17.0 Å². The highest BCUT2D eigenvalue weighted by Crippen LogP contribution is 2.30. The zero-order chi connectivity index (χ0) is 13.9. The second-order valence-corrected chi connectivity index (χ2v) is 6.74. The summed E-state index contributed by atoms with van der Waals surface area (Å²) < 4.78 is 0. The SMILES string of the molecule is CC(c1cccc(Cl)c1)N1CCC(C2CCCN2)CC1. The van der Waals surface area contributed by atoms with E-state index in [-0.39, 0.29) is 0 Å². The van der Waals surface area contributed by atoms with Gasteiger partial charge in [-0.15, -0.1) is 0 Å². The largest absolute Gasteiger partial charge is 0.314 e. The van der Waals surface area contributed by atoms with Crippen LogP contribution in [0.2, 0.25) is 5.02 Å². The minimum Gasteiger partial charge on any atom is -0.314 e. The van der Waals surface area contributed by atoms with Crippen molar-refractivity contribution in [2.45, 2.75) is 44.7 Å². The topological polar surface area (TPSA) is 15.3 Å². The molecule has 0 aromatic heterocycles. The van der Waals surface area contributed by atoms with Gasteiger partial charge < -0.3 is 5.32 Å². The van der Waals surface area contributed by atoms with Gasteiger partial charge in [0.2, 0.25) is 0 Å². The Morgan fingerprint density at radius 1 is 1.25 bits per heavy atom. The Kier molecular flexibility index (Phi) is 4.65.